The van der Waals surface area contributed by atoms with E-state index in [4.69, 9.17) is 0 Å². The standard InChI is InChI=1S/C12H16O/c1-8-3-4-9(2)12-7-10(13)5-6-11(8)12/h5-9,13H,3-4H2,1-2H3. The molecule has 1 aromatic carbocycles. The van der Waals surface area contributed by atoms with Gasteiger partial charge >= 0.3 is 0 Å². The highest BCUT2D eigenvalue weighted by atomic mass is 16.3. The summed E-state index contributed by atoms with van der Waals surface area (Å²) in [5.74, 6) is 1.67. The van der Waals surface area contributed by atoms with E-state index >= 15 is 0 Å². The molecule has 0 saturated carbocycles. The Morgan fingerprint density at radius 3 is 2.38 bits per heavy atom. The molecule has 2 rings (SSSR count). The molecule has 1 N–H and O–H groups in total. The summed E-state index contributed by atoms with van der Waals surface area (Å²) in [5, 5.41) is 9.39. The Labute approximate surface area is 79.4 Å². The van der Waals surface area contributed by atoms with E-state index in [1.807, 2.05) is 6.07 Å². The second-order valence-corrected chi connectivity index (χ2v) is 4.19. The molecule has 13 heavy (non-hydrogen) atoms. The molecule has 70 valence electrons. The summed E-state index contributed by atoms with van der Waals surface area (Å²) >= 11 is 0. The lowest BCUT2D eigenvalue weighted by Gasteiger charge is -2.27. The van der Waals surface area contributed by atoms with Gasteiger partial charge in [-0.1, -0.05) is 19.9 Å². The van der Waals surface area contributed by atoms with E-state index in [0.29, 0.717) is 17.6 Å². The van der Waals surface area contributed by atoms with Crippen LogP contribution in [0.2, 0.25) is 0 Å². The van der Waals surface area contributed by atoms with Crippen LogP contribution in [-0.4, -0.2) is 5.11 Å². The van der Waals surface area contributed by atoms with Gasteiger partial charge in [0.25, 0.3) is 0 Å². The SMILES string of the molecule is CC1CCC(C)c2cc(O)ccc21. The second-order valence-electron chi connectivity index (χ2n) is 4.19. The van der Waals surface area contributed by atoms with Crippen molar-refractivity contribution in [2.45, 2.75) is 38.5 Å². The van der Waals surface area contributed by atoms with Gasteiger partial charge in [0.15, 0.2) is 0 Å². The quantitative estimate of drug-likeness (QED) is 0.642. The summed E-state index contributed by atoms with van der Waals surface area (Å²) in [6.07, 6.45) is 2.52. The van der Waals surface area contributed by atoms with E-state index < -0.39 is 0 Å². The van der Waals surface area contributed by atoms with Gasteiger partial charge in [-0.05, 0) is 47.9 Å². The van der Waals surface area contributed by atoms with Gasteiger partial charge in [0.05, 0.1) is 0 Å². The monoisotopic (exact) mass is 176 g/mol. The fourth-order valence-corrected chi connectivity index (χ4v) is 2.25. The van der Waals surface area contributed by atoms with Crippen molar-refractivity contribution >= 4 is 0 Å². The van der Waals surface area contributed by atoms with Crippen LogP contribution < -0.4 is 0 Å². The van der Waals surface area contributed by atoms with Gasteiger partial charge < -0.3 is 5.11 Å². The smallest absolute Gasteiger partial charge is 0.115 e. The average molecular weight is 176 g/mol. The van der Waals surface area contributed by atoms with Crippen LogP contribution in [0.4, 0.5) is 0 Å². The molecule has 2 atom stereocenters. The lowest BCUT2D eigenvalue weighted by atomic mass is 9.78. The first-order valence-electron chi connectivity index (χ1n) is 5.01. The van der Waals surface area contributed by atoms with Crippen LogP contribution in [0.25, 0.3) is 0 Å². The molecule has 1 aromatic rings. The Kier molecular flexibility index (Phi) is 2.03. The van der Waals surface area contributed by atoms with E-state index in [2.05, 4.69) is 19.9 Å². The zero-order valence-electron chi connectivity index (χ0n) is 8.25. The number of aromatic hydroxyl groups is 1. The number of phenols is 1. The fourth-order valence-electron chi connectivity index (χ4n) is 2.25. The Morgan fingerprint density at radius 1 is 1.08 bits per heavy atom. The molecular weight excluding hydrogens is 160 g/mol. The molecule has 1 heteroatoms. The van der Waals surface area contributed by atoms with Crippen LogP contribution in [0.5, 0.6) is 5.75 Å². The molecule has 2 unspecified atom stereocenters. The molecular formula is C12H16O. The van der Waals surface area contributed by atoms with Gasteiger partial charge in [-0.25, -0.2) is 0 Å². The number of hydrogen-bond donors (Lipinski definition) is 1. The maximum Gasteiger partial charge on any atom is 0.115 e. The first-order valence-corrected chi connectivity index (χ1v) is 5.01. The van der Waals surface area contributed by atoms with E-state index in [-0.39, 0.29) is 0 Å². The highest BCUT2D eigenvalue weighted by Gasteiger charge is 2.21. The maximum atomic E-state index is 9.39. The highest BCUT2D eigenvalue weighted by molar-refractivity contribution is 5.40. The van der Waals surface area contributed by atoms with Crippen molar-refractivity contribution in [3.05, 3.63) is 29.3 Å². The largest absolute Gasteiger partial charge is 0.508 e. The Morgan fingerprint density at radius 2 is 1.69 bits per heavy atom. The first kappa shape index (κ1) is 8.61. The van der Waals surface area contributed by atoms with Crippen LogP contribution in [-0.2, 0) is 0 Å². The van der Waals surface area contributed by atoms with Crippen LogP contribution >= 0.6 is 0 Å². The molecule has 1 aliphatic rings. The molecule has 1 nitrogen and oxygen atoms in total. The average Bonchev–Trinajstić information content (AvgIpc) is 2.12. The number of hydrogen-bond acceptors (Lipinski definition) is 1. The molecule has 0 aromatic heterocycles. The van der Waals surface area contributed by atoms with Gasteiger partial charge in [0.2, 0.25) is 0 Å². The summed E-state index contributed by atoms with van der Waals surface area (Å²) in [7, 11) is 0. The topological polar surface area (TPSA) is 20.2 Å². The predicted molar refractivity (Wildman–Crippen MR) is 54.2 cm³/mol. The third-order valence-electron chi connectivity index (χ3n) is 3.16. The molecule has 0 fully saturated rings. The van der Waals surface area contributed by atoms with Gasteiger partial charge in [-0.15, -0.1) is 0 Å². The van der Waals surface area contributed by atoms with Crippen LogP contribution in [0, 0.1) is 0 Å². The predicted octanol–water partition coefficient (Wildman–Crippen LogP) is 3.39. The number of fused-ring (bicyclic) bond motifs is 1. The van der Waals surface area contributed by atoms with Crippen molar-refractivity contribution in [2.75, 3.05) is 0 Å². The van der Waals surface area contributed by atoms with Crippen molar-refractivity contribution in [3.63, 3.8) is 0 Å². The normalized spacial score (nSPS) is 26.9. The van der Waals surface area contributed by atoms with E-state index in [1.165, 1.54) is 24.0 Å². The van der Waals surface area contributed by atoms with Crippen molar-refractivity contribution in [3.8, 4) is 5.75 Å². The molecule has 0 radical (unpaired) electrons. The van der Waals surface area contributed by atoms with Crippen molar-refractivity contribution < 1.29 is 5.11 Å². The van der Waals surface area contributed by atoms with E-state index in [1.54, 1.807) is 6.07 Å². The zero-order chi connectivity index (χ0) is 9.42. The number of phenolic OH excluding ortho intramolecular Hbond substituents is 1. The van der Waals surface area contributed by atoms with Gasteiger partial charge in [-0.3, -0.25) is 0 Å². The molecule has 0 aliphatic heterocycles. The molecule has 0 amide bonds. The molecule has 0 heterocycles. The molecule has 0 bridgehead atoms. The van der Waals surface area contributed by atoms with Crippen LogP contribution in [0.15, 0.2) is 18.2 Å². The Hall–Kier alpha value is -0.980. The Bertz CT molecular complexity index is 317. The van der Waals surface area contributed by atoms with E-state index in [0.717, 1.165) is 0 Å². The first-order chi connectivity index (χ1) is 6.18. The van der Waals surface area contributed by atoms with Crippen molar-refractivity contribution in [1.82, 2.24) is 0 Å². The van der Waals surface area contributed by atoms with Crippen LogP contribution in [0.3, 0.4) is 0 Å². The summed E-state index contributed by atoms with van der Waals surface area (Å²) in [6, 6.07) is 5.80. The number of rotatable bonds is 0. The zero-order valence-corrected chi connectivity index (χ0v) is 8.25. The second kappa shape index (κ2) is 3.06. The third kappa shape index (κ3) is 1.43. The van der Waals surface area contributed by atoms with Gasteiger partial charge in [0.1, 0.15) is 5.75 Å². The van der Waals surface area contributed by atoms with Crippen LogP contribution in [0.1, 0.15) is 49.7 Å². The molecule has 0 spiro atoms. The lowest BCUT2D eigenvalue weighted by Crippen LogP contribution is -2.10. The maximum absolute atomic E-state index is 9.39. The Balaban J connectivity index is 2.50. The summed E-state index contributed by atoms with van der Waals surface area (Å²) < 4.78 is 0. The number of benzene rings is 1. The summed E-state index contributed by atoms with van der Waals surface area (Å²) in [5.41, 5.74) is 2.77. The van der Waals surface area contributed by atoms with Gasteiger partial charge in [-0.2, -0.15) is 0 Å². The third-order valence-corrected chi connectivity index (χ3v) is 3.16. The van der Waals surface area contributed by atoms with Crippen molar-refractivity contribution in [1.29, 1.82) is 0 Å². The van der Waals surface area contributed by atoms with Gasteiger partial charge in [0, 0.05) is 0 Å². The summed E-state index contributed by atoms with van der Waals surface area (Å²) in [4.78, 5) is 0. The minimum absolute atomic E-state index is 0.403. The van der Waals surface area contributed by atoms with E-state index in [9.17, 15) is 5.11 Å². The molecule has 1 aliphatic carbocycles. The fraction of sp³-hybridized carbons (Fsp3) is 0.500. The minimum atomic E-state index is 0.403. The van der Waals surface area contributed by atoms with Crippen molar-refractivity contribution in [2.24, 2.45) is 0 Å². The highest BCUT2D eigenvalue weighted by Crippen LogP contribution is 2.39. The minimum Gasteiger partial charge on any atom is -0.508 e. The molecule has 0 saturated heterocycles. The summed E-state index contributed by atoms with van der Waals surface area (Å²) in [6.45, 7) is 4.51. The lowest BCUT2D eigenvalue weighted by molar-refractivity contribution is 0.467.